The number of carbonyl (C=O) groups is 2. The van der Waals surface area contributed by atoms with Gasteiger partial charge in [0, 0.05) is 19.0 Å². The second-order valence-corrected chi connectivity index (χ2v) is 5.87. The molecule has 0 saturated heterocycles. The first kappa shape index (κ1) is 16.3. The van der Waals surface area contributed by atoms with Crippen LogP contribution >= 0.6 is 0 Å². The average Bonchev–Trinajstić information content (AvgIpc) is 3.26. The van der Waals surface area contributed by atoms with Gasteiger partial charge in [-0.05, 0) is 32.3 Å². The van der Waals surface area contributed by atoms with Gasteiger partial charge in [-0.2, -0.15) is 5.10 Å². The standard InChI is InChI=1S/C16H24N4O2/c1-5-11(3)20-16(12-7-8-12)13(9-17-20)18-14(21)10-19(4)15(22)6-2/h6,9,11-12H,2,5,7-8,10H2,1,3-4H3,(H,18,21). The van der Waals surface area contributed by atoms with E-state index in [4.69, 9.17) is 0 Å². The molecule has 2 amide bonds. The number of nitrogens with zero attached hydrogens (tertiary/aromatic N) is 3. The zero-order valence-corrected chi connectivity index (χ0v) is 13.5. The highest BCUT2D eigenvalue weighted by molar-refractivity contribution is 5.96. The Bertz CT molecular complexity index is 575. The second-order valence-electron chi connectivity index (χ2n) is 5.87. The molecular formula is C16H24N4O2. The van der Waals surface area contributed by atoms with Crippen LogP contribution in [0.4, 0.5) is 5.69 Å². The highest BCUT2D eigenvalue weighted by Crippen LogP contribution is 2.44. The van der Waals surface area contributed by atoms with E-state index in [1.165, 1.54) is 11.0 Å². The maximum absolute atomic E-state index is 12.1. The van der Waals surface area contributed by atoms with Crippen LogP contribution in [0.15, 0.2) is 18.9 Å². The van der Waals surface area contributed by atoms with Crippen LogP contribution in [0.25, 0.3) is 0 Å². The Hall–Kier alpha value is -2.11. The number of hydrogen-bond donors (Lipinski definition) is 1. The summed E-state index contributed by atoms with van der Waals surface area (Å²) in [5.74, 6) is -0.00416. The highest BCUT2D eigenvalue weighted by atomic mass is 16.2. The summed E-state index contributed by atoms with van der Waals surface area (Å²) in [6.45, 7) is 7.67. The van der Waals surface area contributed by atoms with E-state index in [1.54, 1.807) is 13.2 Å². The van der Waals surface area contributed by atoms with Crippen molar-refractivity contribution < 1.29 is 9.59 Å². The molecule has 0 aromatic carbocycles. The fraction of sp³-hybridized carbons (Fsp3) is 0.562. The Balaban J connectivity index is 2.09. The lowest BCUT2D eigenvalue weighted by molar-refractivity contribution is -0.129. The Labute approximate surface area is 131 Å². The van der Waals surface area contributed by atoms with Gasteiger partial charge in [0.05, 0.1) is 24.1 Å². The van der Waals surface area contributed by atoms with Crippen molar-refractivity contribution in [2.24, 2.45) is 0 Å². The van der Waals surface area contributed by atoms with Crippen LogP contribution in [0.2, 0.25) is 0 Å². The highest BCUT2D eigenvalue weighted by Gasteiger charge is 2.32. The van der Waals surface area contributed by atoms with Crippen molar-refractivity contribution in [1.82, 2.24) is 14.7 Å². The first-order valence-corrected chi connectivity index (χ1v) is 7.72. The van der Waals surface area contributed by atoms with E-state index in [0.717, 1.165) is 30.6 Å². The van der Waals surface area contributed by atoms with Crippen LogP contribution in [-0.2, 0) is 9.59 Å². The van der Waals surface area contributed by atoms with Gasteiger partial charge >= 0.3 is 0 Å². The van der Waals surface area contributed by atoms with E-state index in [9.17, 15) is 9.59 Å². The van der Waals surface area contributed by atoms with Crippen molar-refractivity contribution in [3.8, 4) is 0 Å². The quantitative estimate of drug-likeness (QED) is 0.786. The minimum Gasteiger partial charge on any atom is -0.333 e. The van der Waals surface area contributed by atoms with Crippen LogP contribution in [0.5, 0.6) is 0 Å². The molecule has 0 bridgehead atoms. The van der Waals surface area contributed by atoms with Crippen molar-refractivity contribution in [3.63, 3.8) is 0 Å². The van der Waals surface area contributed by atoms with Gasteiger partial charge in [-0.3, -0.25) is 14.3 Å². The molecule has 1 heterocycles. The first-order chi connectivity index (χ1) is 10.5. The third-order valence-electron chi connectivity index (χ3n) is 4.01. The number of carbonyl (C=O) groups excluding carboxylic acids is 2. The Kier molecular flexibility index (Phi) is 5.00. The number of anilines is 1. The molecule has 1 aromatic heterocycles. The maximum Gasteiger partial charge on any atom is 0.246 e. The van der Waals surface area contributed by atoms with Crippen molar-refractivity contribution in [2.45, 2.75) is 45.1 Å². The van der Waals surface area contributed by atoms with Gasteiger partial charge < -0.3 is 10.2 Å². The van der Waals surface area contributed by atoms with E-state index < -0.39 is 0 Å². The molecule has 6 heteroatoms. The Morgan fingerprint density at radius 2 is 2.27 bits per heavy atom. The average molecular weight is 304 g/mol. The van der Waals surface area contributed by atoms with Gasteiger partial charge in [0.15, 0.2) is 0 Å². The fourth-order valence-electron chi connectivity index (χ4n) is 2.39. The van der Waals surface area contributed by atoms with Crippen molar-refractivity contribution >= 4 is 17.5 Å². The van der Waals surface area contributed by atoms with E-state index in [2.05, 4.69) is 30.8 Å². The molecule has 1 aliphatic carbocycles. The summed E-state index contributed by atoms with van der Waals surface area (Å²) in [7, 11) is 1.58. The summed E-state index contributed by atoms with van der Waals surface area (Å²) < 4.78 is 2.02. The number of rotatable bonds is 7. The molecule has 1 aromatic rings. The smallest absolute Gasteiger partial charge is 0.246 e. The predicted octanol–water partition coefficient (Wildman–Crippen LogP) is 2.31. The summed E-state index contributed by atoms with van der Waals surface area (Å²) in [4.78, 5) is 24.9. The van der Waals surface area contributed by atoms with E-state index >= 15 is 0 Å². The molecule has 0 aliphatic heterocycles. The molecular weight excluding hydrogens is 280 g/mol. The lowest BCUT2D eigenvalue weighted by atomic mass is 10.2. The van der Waals surface area contributed by atoms with E-state index in [1.807, 2.05) is 4.68 Å². The van der Waals surface area contributed by atoms with Gasteiger partial charge in [-0.25, -0.2) is 0 Å². The van der Waals surface area contributed by atoms with Crippen LogP contribution in [0.3, 0.4) is 0 Å². The molecule has 2 rings (SSSR count). The van der Waals surface area contributed by atoms with Gasteiger partial charge in [0.2, 0.25) is 11.8 Å². The van der Waals surface area contributed by atoms with Gasteiger partial charge in [-0.1, -0.05) is 13.5 Å². The molecule has 0 radical (unpaired) electrons. The minimum absolute atomic E-state index is 0.00344. The fourth-order valence-corrected chi connectivity index (χ4v) is 2.39. The number of amides is 2. The SMILES string of the molecule is C=CC(=O)N(C)CC(=O)Nc1cnn(C(C)CC)c1C1CC1. The van der Waals surface area contributed by atoms with E-state index in [-0.39, 0.29) is 18.4 Å². The Morgan fingerprint density at radius 1 is 1.59 bits per heavy atom. The first-order valence-electron chi connectivity index (χ1n) is 7.72. The van der Waals surface area contributed by atoms with Crippen molar-refractivity contribution in [2.75, 3.05) is 18.9 Å². The molecule has 0 spiro atoms. The van der Waals surface area contributed by atoms with Crippen LogP contribution in [0.1, 0.15) is 50.8 Å². The molecule has 120 valence electrons. The maximum atomic E-state index is 12.1. The minimum atomic E-state index is -0.270. The molecule has 1 N–H and O–H groups in total. The van der Waals surface area contributed by atoms with Crippen molar-refractivity contribution in [3.05, 3.63) is 24.5 Å². The third-order valence-corrected chi connectivity index (χ3v) is 4.01. The van der Waals surface area contributed by atoms with Gasteiger partial charge in [-0.15, -0.1) is 0 Å². The van der Waals surface area contributed by atoms with Crippen LogP contribution in [-0.4, -0.2) is 40.1 Å². The summed E-state index contributed by atoms with van der Waals surface area (Å²) in [5.41, 5.74) is 1.88. The number of likely N-dealkylation sites (N-methyl/N-ethyl adjacent to an activating group) is 1. The van der Waals surface area contributed by atoms with Gasteiger partial charge in [0.25, 0.3) is 0 Å². The zero-order valence-electron chi connectivity index (χ0n) is 13.5. The largest absolute Gasteiger partial charge is 0.333 e. The van der Waals surface area contributed by atoms with Crippen molar-refractivity contribution in [1.29, 1.82) is 0 Å². The second kappa shape index (κ2) is 6.77. The summed E-state index contributed by atoms with van der Waals surface area (Å²) >= 11 is 0. The Morgan fingerprint density at radius 3 is 2.82 bits per heavy atom. The summed E-state index contributed by atoms with van der Waals surface area (Å²) in [5, 5.41) is 7.33. The van der Waals surface area contributed by atoms with Crippen LogP contribution in [0, 0.1) is 0 Å². The molecule has 1 aliphatic rings. The normalized spacial score (nSPS) is 15.2. The topological polar surface area (TPSA) is 67.2 Å². The molecule has 1 saturated carbocycles. The molecule has 6 nitrogen and oxygen atoms in total. The lowest BCUT2D eigenvalue weighted by Gasteiger charge is -2.16. The zero-order chi connectivity index (χ0) is 16.3. The lowest BCUT2D eigenvalue weighted by Crippen LogP contribution is -2.33. The monoisotopic (exact) mass is 304 g/mol. The third kappa shape index (κ3) is 3.55. The molecule has 22 heavy (non-hydrogen) atoms. The summed E-state index contributed by atoms with van der Waals surface area (Å²) in [6.07, 6.45) is 6.18. The van der Waals surface area contributed by atoms with Crippen LogP contribution < -0.4 is 5.32 Å². The summed E-state index contributed by atoms with van der Waals surface area (Å²) in [6, 6.07) is 0.311. The molecule has 1 fully saturated rings. The molecule has 1 unspecified atom stereocenters. The van der Waals surface area contributed by atoms with Gasteiger partial charge in [0.1, 0.15) is 0 Å². The number of hydrogen-bond acceptors (Lipinski definition) is 3. The predicted molar refractivity (Wildman–Crippen MR) is 85.7 cm³/mol. The number of nitrogens with one attached hydrogen (secondary N) is 1. The molecule has 1 atom stereocenters. The number of aromatic nitrogens is 2. The van der Waals surface area contributed by atoms with E-state index in [0.29, 0.717) is 12.0 Å².